The standard InChI is InChI=1S/C23H22N4O5S/c1-4-27-22(29)21-20(15-10-14(30-3)6-7-16(15)26(21)2)25-23(27)33-11-19(28)24-13-5-8-17-18(9-13)32-12-31-17/h5-10H,4,11-12H2,1-3H3,(H,24,28). The van der Waals surface area contributed by atoms with Gasteiger partial charge in [-0.2, -0.15) is 0 Å². The number of aromatic nitrogens is 3. The number of amides is 1. The lowest BCUT2D eigenvalue weighted by Crippen LogP contribution is -2.24. The van der Waals surface area contributed by atoms with E-state index in [1.807, 2.05) is 36.7 Å². The van der Waals surface area contributed by atoms with Crippen LogP contribution in [0.4, 0.5) is 5.69 Å². The molecule has 0 bridgehead atoms. The average molecular weight is 467 g/mol. The maximum Gasteiger partial charge on any atom is 0.278 e. The van der Waals surface area contributed by atoms with Crippen molar-refractivity contribution in [3.8, 4) is 17.2 Å². The Morgan fingerprint density at radius 2 is 2.03 bits per heavy atom. The summed E-state index contributed by atoms with van der Waals surface area (Å²) in [7, 11) is 3.45. The van der Waals surface area contributed by atoms with E-state index >= 15 is 0 Å². The number of nitrogens with zero attached hydrogens (tertiary/aromatic N) is 3. The molecule has 5 rings (SSSR count). The molecule has 0 unspecified atom stereocenters. The van der Waals surface area contributed by atoms with Crippen molar-refractivity contribution in [1.82, 2.24) is 14.1 Å². The van der Waals surface area contributed by atoms with Crippen LogP contribution in [0, 0.1) is 0 Å². The van der Waals surface area contributed by atoms with Crippen LogP contribution in [0.5, 0.6) is 17.2 Å². The van der Waals surface area contributed by atoms with Crippen LogP contribution in [0.3, 0.4) is 0 Å². The van der Waals surface area contributed by atoms with Crippen molar-refractivity contribution >= 4 is 45.3 Å². The Bertz CT molecular complexity index is 1460. The van der Waals surface area contributed by atoms with Gasteiger partial charge < -0.3 is 24.1 Å². The lowest BCUT2D eigenvalue weighted by Gasteiger charge is -2.11. The van der Waals surface area contributed by atoms with Crippen molar-refractivity contribution in [2.24, 2.45) is 7.05 Å². The molecule has 0 fully saturated rings. The molecule has 2 aromatic heterocycles. The van der Waals surface area contributed by atoms with Gasteiger partial charge in [-0.25, -0.2) is 4.98 Å². The molecule has 1 amide bonds. The van der Waals surface area contributed by atoms with Crippen LogP contribution in [-0.4, -0.2) is 39.7 Å². The lowest BCUT2D eigenvalue weighted by atomic mass is 10.2. The topological polar surface area (TPSA) is 96.6 Å². The Kier molecular flexibility index (Phi) is 5.37. The molecule has 1 aliphatic rings. The van der Waals surface area contributed by atoms with Crippen LogP contribution in [-0.2, 0) is 18.4 Å². The Morgan fingerprint density at radius 1 is 1.21 bits per heavy atom. The molecule has 1 N–H and O–H groups in total. The Hall–Kier alpha value is -3.66. The van der Waals surface area contributed by atoms with E-state index in [2.05, 4.69) is 5.32 Å². The largest absolute Gasteiger partial charge is 0.497 e. The summed E-state index contributed by atoms with van der Waals surface area (Å²) >= 11 is 1.22. The zero-order valence-electron chi connectivity index (χ0n) is 18.4. The van der Waals surface area contributed by atoms with Crippen molar-refractivity contribution in [3.63, 3.8) is 0 Å². The van der Waals surface area contributed by atoms with E-state index in [0.717, 1.165) is 10.9 Å². The lowest BCUT2D eigenvalue weighted by molar-refractivity contribution is -0.113. The first-order valence-corrected chi connectivity index (χ1v) is 11.4. The van der Waals surface area contributed by atoms with Crippen LogP contribution in [0.25, 0.3) is 21.9 Å². The molecule has 1 aliphatic heterocycles. The number of anilines is 1. The number of ether oxygens (including phenoxy) is 3. The van der Waals surface area contributed by atoms with Gasteiger partial charge in [0.2, 0.25) is 12.7 Å². The van der Waals surface area contributed by atoms with Gasteiger partial charge in [0.05, 0.1) is 18.4 Å². The third-order valence-electron chi connectivity index (χ3n) is 5.57. The van der Waals surface area contributed by atoms with E-state index in [-0.39, 0.29) is 24.0 Å². The van der Waals surface area contributed by atoms with Gasteiger partial charge in [0.25, 0.3) is 5.56 Å². The molecule has 10 heteroatoms. The SMILES string of the molecule is CCn1c(SCC(=O)Nc2ccc3c(c2)OCO3)nc2c3cc(OC)ccc3n(C)c2c1=O. The van der Waals surface area contributed by atoms with Crippen LogP contribution in [0.2, 0.25) is 0 Å². The molecule has 33 heavy (non-hydrogen) atoms. The number of nitrogens with one attached hydrogen (secondary N) is 1. The number of aryl methyl sites for hydroxylation is 1. The van der Waals surface area contributed by atoms with Crippen molar-refractivity contribution in [2.45, 2.75) is 18.6 Å². The minimum absolute atomic E-state index is 0.0977. The minimum atomic E-state index is -0.213. The number of methoxy groups -OCH3 is 1. The van der Waals surface area contributed by atoms with E-state index in [9.17, 15) is 9.59 Å². The molecular formula is C23H22N4O5S. The Morgan fingerprint density at radius 3 is 2.82 bits per heavy atom. The molecule has 2 aromatic carbocycles. The summed E-state index contributed by atoms with van der Waals surface area (Å²) in [4.78, 5) is 30.7. The highest BCUT2D eigenvalue weighted by Crippen LogP contribution is 2.34. The molecule has 0 radical (unpaired) electrons. The van der Waals surface area contributed by atoms with Crippen LogP contribution >= 0.6 is 11.8 Å². The highest BCUT2D eigenvalue weighted by molar-refractivity contribution is 7.99. The fourth-order valence-corrected chi connectivity index (χ4v) is 4.81. The van der Waals surface area contributed by atoms with E-state index in [0.29, 0.717) is 45.7 Å². The normalized spacial score (nSPS) is 12.5. The summed E-state index contributed by atoms with van der Waals surface area (Å²) in [6, 6.07) is 10.9. The molecule has 0 saturated carbocycles. The fraction of sp³-hybridized carbons (Fsp3) is 0.261. The number of benzene rings is 2. The van der Waals surface area contributed by atoms with Gasteiger partial charge in [-0.05, 0) is 37.3 Å². The second-order valence-electron chi connectivity index (χ2n) is 7.49. The quantitative estimate of drug-likeness (QED) is 0.344. The zero-order chi connectivity index (χ0) is 23.1. The number of carbonyl (C=O) groups is 1. The first-order chi connectivity index (χ1) is 16.0. The predicted molar refractivity (Wildman–Crippen MR) is 127 cm³/mol. The first kappa shape index (κ1) is 21.2. The number of fused-ring (bicyclic) bond motifs is 4. The summed E-state index contributed by atoms with van der Waals surface area (Å²) in [5.74, 6) is 1.82. The van der Waals surface area contributed by atoms with Gasteiger partial charge in [-0.15, -0.1) is 0 Å². The van der Waals surface area contributed by atoms with Crippen molar-refractivity contribution in [2.75, 3.05) is 25.0 Å². The van der Waals surface area contributed by atoms with Gasteiger partial charge in [0, 0.05) is 30.7 Å². The van der Waals surface area contributed by atoms with Crippen molar-refractivity contribution in [3.05, 3.63) is 46.8 Å². The van der Waals surface area contributed by atoms with Crippen molar-refractivity contribution < 1.29 is 19.0 Å². The maximum absolute atomic E-state index is 13.3. The monoisotopic (exact) mass is 466 g/mol. The summed E-state index contributed by atoms with van der Waals surface area (Å²) in [5.41, 5.74) is 2.48. The average Bonchev–Trinajstić information content (AvgIpc) is 3.39. The van der Waals surface area contributed by atoms with Crippen LogP contribution in [0.15, 0.2) is 46.3 Å². The third-order valence-corrected chi connectivity index (χ3v) is 6.55. The van der Waals surface area contributed by atoms with Gasteiger partial charge in [-0.1, -0.05) is 11.8 Å². The van der Waals surface area contributed by atoms with E-state index in [1.165, 1.54) is 11.8 Å². The van der Waals surface area contributed by atoms with Gasteiger partial charge >= 0.3 is 0 Å². The van der Waals surface area contributed by atoms with E-state index in [4.69, 9.17) is 19.2 Å². The van der Waals surface area contributed by atoms with E-state index in [1.54, 1.807) is 29.9 Å². The molecule has 0 atom stereocenters. The highest BCUT2D eigenvalue weighted by atomic mass is 32.2. The second-order valence-corrected chi connectivity index (χ2v) is 8.43. The molecular weight excluding hydrogens is 444 g/mol. The molecule has 0 aliphatic carbocycles. The smallest absolute Gasteiger partial charge is 0.278 e. The minimum Gasteiger partial charge on any atom is -0.497 e. The number of carbonyl (C=O) groups excluding carboxylic acids is 1. The molecule has 9 nitrogen and oxygen atoms in total. The summed E-state index contributed by atoms with van der Waals surface area (Å²) in [5, 5.41) is 4.17. The van der Waals surface area contributed by atoms with Gasteiger partial charge in [0.1, 0.15) is 16.8 Å². The summed E-state index contributed by atoms with van der Waals surface area (Å²) < 4.78 is 19.4. The molecule has 0 saturated heterocycles. The maximum atomic E-state index is 13.3. The molecule has 4 aromatic rings. The molecule has 170 valence electrons. The van der Waals surface area contributed by atoms with Crippen molar-refractivity contribution in [1.29, 1.82) is 0 Å². The van der Waals surface area contributed by atoms with Crippen LogP contribution in [0.1, 0.15) is 6.92 Å². The molecule has 3 heterocycles. The number of hydrogen-bond donors (Lipinski definition) is 1. The van der Waals surface area contributed by atoms with Crippen LogP contribution < -0.4 is 25.1 Å². The fourth-order valence-electron chi connectivity index (χ4n) is 3.95. The first-order valence-electron chi connectivity index (χ1n) is 10.4. The summed E-state index contributed by atoms with van der Waals surface area (Å²) in [6.45, 7) is 2.50. The molecule has 0 spiro atoms. The third kappa shape index (κ3) is 3.66. The highest BCUT2D eigenvalue weighted by Gasteiger charge is 2.19. The van der Waals surface area contributed by atoms with Gasteiger partial charge in [0.15, 0.2) is 16.7 Å². The second kappa shape index (κ2) is 8.36. The number of thioether (sulfide) groups is 1. The Labute approximate surface area is 193 Å². The number of rotatable bonds is 6. The van der Waals surface area contributed by atoms with Gasteiger partial charge in [-0.3, -0.25) is 14.2 Å². The van der Waals surface area contributed by atoms with E-state index < -0.39 is 0 Å². The Balaban J connectivity index is 1.45. The zero-order valence-corrected chi connectivity index (χ0v) is 19.2. The predicted octanol–water partition coefficient (Wildman–Crippen LogP) is 3.38. The number of hydrogen-bond acceptors (Lipinski definition) is 7. The summed E-state index contributed by atoms with van der Waals surface area (Å²) in [6.07, 6.45) is 0.